The number of carbonyl (C=O) groups is 1. The van der Waals surface area contributed by atoms with Gasteiger partial charge in [-0.05, 0) is 37.3 Å². The van der Waals surface area contributed by atoms with Crippen LogP contribution in [0.3, 0.4) is 0 Å². The molecule has 2 fully saturated rings. The van der Waals surface area contributed by atoms with E-state index in [-0.39, 0.29) is 11.4 Å². The largest absolute Gasteiger partial charge is 0.324 e. The third kappa shape index (κ3) is 3.65. The second-order valence-electron chi connectivity index (χ2n) is 7.39. The van der Waals surface area contributed by atoms with E-state index in [1.54, 1.807) is 0 Å². The third-order valence-electron chi connectivity index (χ3n) is 5.81. The molecule has 132 valence electrons. The number of benzene rings is 1. The number of rotatable bonds is 4. The standard InChI is InChI=1S/C20H31N3O/c1-3-17-9-7-8-16(2)19(17)22-18(24)14-23-13-12-21-15-20(23)10-5-4-6-11-20/h7-9,21H,3-6,10-15H2,1-2H3,(H,22,24). The highest BCUT2D eigenvalue weighted by Crippen LogP contribution is 2.34. The lowest BCUT2D eigenvalue weighted by atomic mass is 9.79. The number of nitrogens with one attached hydrogen (secondary N) is 2. The molecule has 2 N–H and O–H groups in total. The molecule has 1 saturated heterocycles. The van der Waals surface area contributed by atoms with E-state index < -0.39 is 0 Å². The van der Waals surface area contributed by atoms with Crippen molar-refractivity contribution in [3.05, 3.63) is 29.3 Å². The van der Waals surface area contributed by atoms with Crippen LogP contribution in [0, 0.1) is 6.92 Å². The third-order valence-corrected chi connectivity index (χ3v) is 5.81. The highest BCUT2D eigenvalue weighted by molar-refractivity contribution is 5.93. The number of aryl methyl sites for hydroxylation is 2. The quantitative estimate of drug-likeness (QED) is 0.892. The molecule has 0 bridgehead atoms. The second-order valence-corrected chi connectivity index (χ2v) is 7.39. The number of para-hydroxylation sites is 1. The van der Waals surface area contributed by atoms with E-state index in [0.717, 1.165) is 37.3 Å². The van der Waals surface area contributed by atoms with Crippen LogP contribution >= 0.6 is 0 Å². The number of anilines is 1. The van der Waals surface area contributed by atoms with Crippen molar-refractivity contribution in [3.8, 4) is 0 Å². The van der Waals surface area contributed by atoms with Crippen LogP contribution < -0.4 is 10.6 Å². The molecule has 1 aliphatic heterocycles. The molecular weight excluding hydrogens is 298 g/mol. The number of piperazine rings is 1. The van der Waals surface area contributed by atoms with Crippen molar-refractivity contribution >= 4 is 11.6 Å². The van der Waals surface area contributed by atoms with Crippen LogP contribution in [-0.2, 0) is 11.2 Å². The van der Waals surface area contributed by atoms with Gasteiger partial charge >= 0.3 is 0 Å². The molecule has 0 radical (unpaired) electrons. The Morgan fingerprint density at radius 3 is 2.83 bits per heavy atom. The van der Waals surface area contributed by atoms with Crippen LogP contribution in [0.4, 0.5) is 5.69 Å². The normalized spacial score (nSPS) is 20.9. The van der Waals surface area contributed by atoms with Gasteiger partial charge in [0.1, 0.15) is 0 Å². The van der Waals surface area contributed by atoms with Crippen LogP contribution in [0.1, 0.15) is 50.2 Å². The average Bonchev–Trinajstić information content (AvgIpc) is 2.60. The van der Waals surface area contributed by atoms with Crippen molar-refractivity contribution in [1.29, 1.82) is 0 Å². The van der Waals surface area contributed by atoms with Gasteiger partial charge in [0.15, 0.2) is 0 Å². The molecule has 1 amide bonds. The first-order chi connectivity index (χ1) is 11.6. The Morgan fingerprint density at radius 1 is 1.29 bits per heavy atom. The first-order valence-corrected chi connectivity index (χ1v) is 9.49. The van der Waals surface area contributed by atoms with Gasteiger partial charge in [-0.3, -0.25) is 9.69 Å². The monoisotopic (exact) mass is 329 g/mol. The summed E-state index contributed by atoms with van der Waals surface area (Å²) in [7, 11) is 0. The number of amides is 1. The summed E-state index contributed by atoms with van der Waals surface area (Å²) in [4.78, 5) is 15.2. The van der Waals surface area contributed by atoms with Crippen molar-refractivity contribution in [2.24, 2.45) is 0 Å². The molecule has 1 spiro atoms. The van der Waals surface area contributed by atoms with Gasteiger partial charge in [0.05, 0.1) is 6.54 Å². The predicted molar refractivity (Wildman–Crippen MR) is 99.4 cm³/mol. The van der Waals surface area contributed by atoms with Crippen molar-refractivity contribution in [2.75, 3.05) is 31.5 Å². The van der Waals surface area contributed by atoms with Crippen LogP contribution in [0.2, 0.25) is 0 Å². The lowest BCUT2D eigenvalue weighted by Gasteiger charge is -2.49. The molecule has 24 heavy (non-hydrogen) atoms. The average molecular weight is 329 g/mol. The fourth-order valence-electron chi connectivity index (χ4n) is 4.39. The smallest absolute Gasteiger partial charge is 0.238 e. The Balaban J connectivity index is 1.70. The lowest BCUT2D eigenvalue weighted by molar-refractivity contribution is -0.120. The summed E-state index contributed by atoms with van der Waals surface area (Å²) < 4.78 is 0. The predicted octanol–water partition coefficient (Wildman–Crippen LogP) is 3.10. The minimum Gasteiger partial charge on any atom is -0.324 e. The van der Waals surface area contributed by atoms with Crippen molar-refractivity contribution in [3.63, 3.8) is 0 Å². The summed E-state index contributed by atoms with van der Waals surface area (Å²) >= 11 is 0. The van der Waals surface area contributed by atoms with Gasteiger partial charge in [-0.25, -0.2) is 0 Å². The topological polar surface area (TPSA) is 44.4 Å². The van der Waals surface area contributed by atoms with Gasteiger partial charge in [-0.15, -0.1) is 0 Å². The molecule has 0 atom stereocenters. The SMILES string of the molecule is CCc1cccc(C)c1NC(=O)CN1CCNCC12CCCCC2. The Kier molecular flexibility index (Phi) is 5.57. The molecule has 0 aromatic heterocycles. The molecule has 4 nitrogen and oxygen atoms in total. The maximum absolute atomic E-state index is 12.8. The maximum Gasteiger partial charge on any atom is 0.238 e. The summed E-state index contributed by atoms with van der Waals surface area (Å²) in [5, 5.41) is 6.75. The number of hydrogen-bond acceptors (Lipinski definition) is 3. The Morgan fingerprint density at radius 2 is 2.08 bits per heavy atom. The molecule has 1 saturated carbocycles. The first-order valence-electron chi connectivity index (χ1n) is 9.49. The summed E-state index contributed by atoms with van der Waals surface area (Å²) in [5.74, 6) is 0.130. The van der Waals surface area contributed by atoms with Gasteiger partial charge in [-0.2, -0.15) is 0 Å². The van der Waals surface area contributed by atoms with Gasteiger partial charge in [0, 0.05) is 30.9 Å². The fraction of sp³-hybridized carbons (Fsp3) is 0.650. The highest BCUT2D eigenvalue weighted by atomic mass is 16.2. The number of hydrogen-bond donors (Lipinski definition) is 2. The summed E-state index contributed by atoms with van der Waals surface area (Å²) in [5.41, 5.74) is 3.58. The molecule has 1 aromatic rings. The van der Waals surface area contributed by atoms with Gasteiger partial charge in [0.25, 0.3) is 0 Å². The molecular formula is C20H31N3O. The maximum atomic E-state index is 12.8. The second kappa shape index (κ2) is 7.66. The van der Waals surface area contributed by atoms with Crippen molar-refractivity contribution in [1.82, 2.24) is 10.2 Å². The zero-order valence-corrected chi connectivity index (χ0v) is 15.2. The number of carbonyl (C=O) groups excluding carboxylic acids is 1. The minimum atomic E-state index is 0.130. The Hall–Kier alpha value is -1.39. The Bertz CT molecular complexity index is 570. The van der Waals surface area contributed by atoms with E-state index in [1.807, 2.05) is 0 Å². The molecule has 4 heteroatoms. The first kappa shape index (κ1) is 17.4. The summed E-state index contributed by atoms with van der Waals surface area (Å²) in [6, 6.07) is 6.25. The van der Waals surface area contributed by atoms with E-state index >= 15 is 0 Å². The zero-order chi connectivity index (χ0) is 17.0. The Labute approximate surface area is 146 Å². The molecule has 1 heterocycles. The fourth-order valence-corrected chi connectivity index (χ4v) is 4.39. The van der Waals surface area contributed by atoms with E-state index in [4.69, 9.17) is 0 Å². The minimum absolute atomic E-state index is 0.130. The highest BCUT2D eigenvalue weighted by Gasteiger charge is 2.40. The zero-order valence-electron chi connectivity index (χ0n) is 15.2. The van der Waals surface area contributed by atoms with E-state index in [9.17, 15) is 4.79 Å². The van der Waals surface area contributed by atoms with Crippen LogP contribution in [0.5, 0.6) is 0 Å². The van der Waals surface area contributed by atoms with Crippen LogP contribution in [0.15, 0.2) is 18.2 Å². The van der Waals surface area contributed by atoms with E-state index in [2.05, 4.69) is 47.6 Å². The van der Waals surface area contributed by atoms with Gasteiger partial charge in [-0.1, -0.05) is 44.4 Å². The van der Waals surface area contributed by atoms with E-state index in [1.165, 1.54) is 37.7 Å². The molecule has 2 aliphatic rings. The van der Waals surface area contributed by atoms with Crippen molar-refractivity contribution in [2.45, 2.75) is 57.9 Å². The van der Waals surface area contributed by atoms with Crippen LogP contribution in [-0.4, -0.2) is 42.5 Å². The summed E-state index contributed by atoms with van der Waals surface area (Å²) in [6.07, 6.45) is 7.30. The van der Waals surface area contributed by atoms with E-state index in [0.29, 0.717) is 6.54 Å². The van der Waals surface area contributed by atoms with Crippen molar-refractivity contribution < 1.29 is 4.79 Å². The number of nitrogens with zero attached hydrogens (tertiary/aromatic N) is 1. The van der Waals surface area contributed by atoms with Gasteiger partial charge in [0.2, 0.25) is 5.91 Å². The van der Waals surface area contributed by atoms with Gasteiger partial charge < -0.3 is 10.6 Å². The van der Waals surface area contributed by atoms with Crippen LogP contribution in [0.25, 0.3) is 0 Å². The molecule has 1 aromatic carbocycles. The lowest BCUT2D eigenvalue weighted by Crippen LogP contribution is -2.63. The molecule has 3 rings (SSSR count). The summed E-state index contributed by atoms with van der Waals surface area (Å²) in [6.45, 7) is 7.71. The molecule has 0 unspecified atom stereocenters. The molecule has 1 aliphatic carbocycles.